The predicted octanol–water partition coefficient (Wildman–Crippen LogP) is 8.83. The van der Waals surface area contributed by atoms with Crippen LogP contribution in [0, 0.1) is 22.7 Å². The second kappa shape index (κ2) is 24.9. The lowest BCUT2D eigenvalue weighted by atomic mass is 9.83. The maximum Gasteiger partial charge on any atom is 0.246 e. The zero-order chi connectivity index (χ0) is 54.3. The van der Waals surface area contributed by atoms with Crippen molar-refractivity contribution in [2.75, 3.05) is 24.7 Å². The first kappa shape index (κ1) is 56.8. The van der Waals surface area contributed by atoms with Gasteiger partial charge in [-0.3, -0.25) is 28.8 Å². The Labute approximate surface area is 457 Å². The molecule has 6 amide bonds. The Balaban J connectivity index is 0.912. The quantitative estimate of drug-likeness (QED) is 0.0670. The Kier molecular flexibility index (Phi) is 18.6. The minimum atomic E-state index is -0.737. The van der Waals surface area contributed by atoms with Crippen molar-refractivity contribution in [3.8, 4) is 0 Å². The molecule has 0 radical (unpaired) electrons. The standard InChI is InChI=1S/C60H78N6O8S2/c1-9-37(3)53(67)61-45-25-27-75-49-31-59(5,6)51(65(49)57(45)71)55(69)63-47(42-17-13-11-14-18-42)35-73-33-39-21-23-41-24-22-40(30-44(41)29-39)34-74-36-48(43-19-15-12-16-20-43)64-56(70)52-60(7,8)32-50-66(52)58(72)46(26-28-76-50)62-54(68)38(4)10-2/h11-24,29-30,37-38,45-52H,9-10,25-28,31-36H2,1-8H3,(H,61,67)(H,62,68)(H,63,69)(H,64,70)/t37-,38-,45+,46+,47-,48-,49+,50+,51-,52+/m1/s1. The molecule has 8 rings (SSSR count). The van der Waals surface area contributed by atoms with Gasteiger partial charge in [0.2, 0.25) is 35.4 Å². The van der Waals surface area contributed by atoms with E-state index in [2.05, 4.69) is 45.5 Å². The number of carbonyl (C=O) groups is 6. The lowest BCUT2D eigenvalue weighted by molar-refractivity contribution is -0.144. The predicted molar refractivity (Wildman–Crippen MR) is 300 cm³/mol. The summed E-state index contributed by atoms with van der Waals surface area (Å²) in [6, 6.07) is 28.0. The molecule has 0 aromatic heterocycles. The minimum Gasteiger partial charge on any atom is -0.374 e. The molecule has 4 aromatic rings. The summed E-state index contributed by atoms with van der Waals surface area (Å²) in [5.74, 6) is -0.206. The van der Waals surface area contributed by atoms with E-state index < -0.39 is 47.1 Å². The highest BCUT2D eigenvalue weighted by atomic mass is 32.2. The van der Waals surface area contributed by atoms with Crippen LogP contribution in [0.15, 0.2) is 97.1 Å². The van der Waals surface area contributed by atoms with Crippen LogP contribution in [0.4, 0.5) is 0 Å². The van der Waals surface area contributed by atoms with Gasteiger partial charge in [-0.05, 0) is 106 Å². The third-order valence-electron chi connectivity index (χ3n) is 16.0. The number of nitrogens with one attached hydrogen (secondary N) is 4. The molecule has 0 aliphatic carbocycles. The van der Waals surface area contributed by atoms with Crippen LogP contribution >= 0.6 is 23.5 Å². The van der Waals surface area contributed by atoms with Gasteiger partial charge in [-0.2, -0.15) is 0 Å². The van der Waals surface area contributed by atoms with E-state index >= 15 is 0 Å². The number of amides is 6. The van der Waals surface area contributed by atoms with Gasteiger partial charge in [-0.25, -0.2) is 0 Å². The Bertz CT molecular complexity index is 2530. The van der Waals surface area contributed by atoms with Gasteiger partial charge in [0.15, 0.2) is 0 Å². The highest BCUT2D eigenvalue weighted by molar-refractivity contribution is 8.00. The molecular formula is C60H78N6O8S2. The molecule has 16 heteroatoms. The van der Waals surface area contributed by atoms with E-state index in [0.29, 0.717) is 50.0 Å². The van der Waals surface area contributed by atoms with Crippen LogP contribution in [0.3, 0.4) is 0 Å². The summed E-state index contributed by atoms with van der Waals surface area (Å²) in [4.78, 5) is 87.1. The van der Waals surface area contributed by atoms with Gasteiger partial charge in [0, 0.05) is 11.8 Å². The number of hydrogen-bond donors (Lipinski definition) is 4. The summed E-state index contributed by atoms with van der Waals surface area (Å²) >= 11 is 3.36. The Morgan fingerprint density at radius 1 is 0.592 bits per heavy atom. The van der Waals surface area contributed by atoms with Crippen molar-refractivity contribution >= 4 is 69.7 Å². The monoisotopic (exact) mass is 1070 g/mol. The normalized spacial score (nSPS) is 24.5. The molecule has 408 valence electrons. The molecule has 0 bridgehead atoms. The molecule has 4 aliphatic heterocycles. The zero-order valence-electron chi connectivity index (χ0n) is 45.5. The number of benzene rings is 4. The van der Waals surface area contributed by atoms with Crippen LogP contribution in [0.2, 0.25) is 0 Å². The summed E-state index contributed by atoms with van der Waals surface area (Å²) in [6.07, 6.45) is 3.70. The number of carbonyl (C=O) groups excluding carboxylic acids is 6. The molecule has 14 nitrogen and oxygen atoms in total. The van der Waals surface area contributed by atoms with Crippen LogP contribution in [-0.2, 0) is 51.5 Å². The molecule has 4 fully saturated rings. The molecule has 0 unspecified atom stereocenters. The fourth-order valence-corrected chi connectivity index (χ4v) is 14.3. The van der Waals surface area contributed by atoms with Gasteiger partial charge in [0.25, 0.3) is 0 Å². The molecule has 0 spiro atoms. The third-order valence-corrected chi connectivity index (χ3v) is 18.5. The van der Waals surface area contributed by atoms with Crippen molar-refractivity contribution in [2.24, 2.45) is 22.7 Å². The van der Waals surface area contributed by atoms with Gasteiger partial charge in [0.05, 0.1) is 49.3 Å². The minimum absolute atomic E-state index is 0.144. The lowest BCUT2D eigenvalue weighted by Gasteiger charge is -2.35. The number of thioether (sulfide) groups is 2. The van der Waals surface area contributed by atoms with Crippen molar-refractivity contribution in [1.29, 1.82) is 0 Å². The number of hydrogen-bond acceptors (Lipinski definition) is 10. The van der Waals surface area contributed by atoms with Gasteiger partial charge < -0.3 is 40.5 Å². The van der Waals surface area contributed by atoms with Crippen molar-refractivity contribution in [3.63, 3.8) is 0 Å². The van der Waals surface area contributed by atoms with Crippen LogP contribution in [-0.4, -0.2) is 105 Å². The molecule has 4 saturated heterocycles. The molecular weight excluding hydrogens is 997 g/mol. The number of rotatable bonds is 20. The van der Waals surface area contributed by atoms with Gasteiger partial charge in [-0.1, -0.05) is 140 Å². The Hall–Kier alpha value is -5.42. The molecule has 10 atom stereocenters. The summed E-state index contributed by atoms with van der Waals surface area (Å²) in [5.41, 5.74) is 2.66. The van der Waals surface area contributed by atoms with Gasteiger partial charge >= 0.3 is 0 Å². The van der Waals surface area contributed by atoms with E-state index in [0.717, 1.165) is 33.0 Å². The second-order valence-electron chi connectivity index (χ2n) is 22.6. The van der Waals surface area contributed by atoms with E-state index in [-0.39, 0.29) is 84.5 Å². The first-order valence-electron chi connectivity index (χ1n) is 27.2. The summed E-state index contributed by atoms with van der Waals surface area (Å²) < 4.78 is 12.8. The van der Waals surface area contributed by atoms with Crippen LogP contribution in [0.25, 0.3) is 10.8 Å². The SMILES string of the molecule is CC[C@@H](C)C(=O)N[C@H]1CCS[C@H]2CC(C)(C)[C@H](C(=O)N[C@H](COCc3ccc4ccc(COC[C@@H](NC(=O)[C@H]5N6C(=O)[C@@H](NC(=O)[C@H](C)CC)CCS[C@H]6CC5(C)C)c5ccccc5)cc4c3)c3ccccc3)N2C1=O. The van der Waals surface area contributed by atoms with Crippen molar-refractivity contribution in [3.05, 3.63) is 119 Å². The van der Waals surface area contributed by atoms with Crippen LogP contribution in [0.5, 0.6) is 0 Å². The Morgan fingerprint density at radius 3 is 1.37 bits per heavy atom. The van der Waals surface area contributed by atoms with E-state index in [1.165, 1.54) is 0 Å². The fourth-order valence-electron chi connectivity index (χ4n) is 11.1. The van der Waals surface area contributed by atoms with Crippen LogP contribution < -0.4 is 21.3 Å². The maximum absolute atomic E-state index is 14.6. The van der Waals surface area contributed by atoms with Crippen molar-refractivity contribution in [1.82, 2.24) is 31.1 Å². The second-order valence-corrected chi connectivity index (χ2v) is 25.2. The van der Waals surface area contributed by atoms with Crippen molar-refractivity contribution in [2.45, 2.75) is 154 Å². The van der Waals surface area contributed by atoms with E-state index in [4.69, 9.17) is 9.47 Å². The van der Waals surface area contributed by atoms with E-state index in [1.54, 1.807) is 33.3 Å². The molecule has 76 heavy (non-hydrogen) atoms. The number of fused-ring (bicyclic) bond motifs is 3. The summed E-state index contributed by atoms with van der Waals surface area (Å²) in [5, 5.41) is 14.3. The zero-order valence-corrected chi connectivity index (χ0v) is 47.1. The first-order valence-corrected chi connectivity index (χ1v) is 29.3. The largest absolute Gasteiger partial charge is 0.374 e. The average molecular weight is 1080 g/mol. The van der Waals surface area contributed by atoms with Crippen molar-refractivity contribution < 1.29 is 38.2 Å². The van der Waals surface area contributed by atoms with E-state index in [9.17, 15) is 28.8 Å². The molecule has 4 N–H and O–H groups in total. The molecule has 0 saturated carbocycles. The highest BCUT2D eigenvalue weighted by Gasteiger charge is 2.56. The Morgan fingerprint density at radius 2 is 0.987 bits per heavy atom. The van der Waals surface area contributed by atoms with Crippen LogP contribution in [0.1, 0.15) is 128 Å². The lowest BCUT2D eigenvalue weighted by Crippen LogP contribution is -2.57. The molecule has 4 aromatic carbocycles. The number of nitrogens with zero attached hydrogens (tertiary/aromatic N) is 2. The first-order chi connectivity index (χ1) is 36.4. The number of ether oxygens (including phenoxy) is 2. The third kappa shape index (κ3) is 13.1. The highest BCUT2D eigenvalue weighted by Crippen LogP contribution is 2.48. The molecule has 4 aliphatic rings. The van der Waals surface area contributed by atoms with Gasteiger partial charge in [-0.15, -0.1) is 23.5 Å². The summed E-state index contributed by atoms with van der Waals surface area (Å²) in [7, 11) is 0. The maximum atomic E-state index is 14.6. The topological polar surface area (TPSA) is 175 Å². The molecule has 4 heterocycles. The average Bonchev–Trinajstić information content (AvgIpc) is 3.74. The fraction of sp³-hybridized carbons (Fsp3) is 0.533. The van der Waals surface area contributed by atoms with Gasteiger partial charge in [0.1, 0.15) is 24.2 Å². The van der Waals surface area contributed by atoms with E-state index in [1.807, 2.05) is 128 Å². The smallest absolute Gasteiger partial charge is 0.246 e. The summed E-state index contributed by atoms with van der Waals surface area (Å²) in [6.45, 7) is 16.8.